The van der Waals surface area contributed by atoms with E-state index < -0.39 is 0 Å². The molecule has 3 rings (SSSR count). The van der Waals surface area contributed by atoms with Gasteiger partial charge in [-0.05, 0) is 30.0 Å². The van der Waals surface area contributed by atoms with E-state index in [9.17, 15) is 0 Å². The minimum atomic E-state index is 0.413. The molecule has 1 aliphatic heterocycles. The molecule has 0 spiro atoms. The topological polar surface area (TPSA) is 29.9 Å². The molecule has 1 unspecified atom stereocenters. The first-order chi connectivity index (χ1) is 9.81. The van der Waals surface area contributed by atoms with Gasteiger partial charge in [-0.25, -0.2) is 0 Å². The van der Waals surface area contributed by atoms with Crippen molar-refractivity contribution >= 4 is 0 Å². The maximum absolute atomic E-state index is 4.77. The van der Waals surface area contributed by atoms with Crippen molar-refractivity contribution < 1.29 is 0 Å². The van der Waals surface area contributed by atoms with Gasteiger partial charge in [0, 0.05) is 25.2 Å². The number of nitrogens with one attached hydrogen (secondary N) is 1. The fourth-order valence-corrected chi connectivity index (χ4v) is 3.12. The van der Waals surface area contributed by atoms with Gasteiger partial charge >= 0.3 is 0 Å². The molecule has 106 valence electrons. The molecule has 0 saturated carbocycles. The maximum Gasteiger partial charge on any atom is 0.0643 e. The number of hydrogen-bond donors (Lipinski definition) is 1. The first-order valence-electron chi connectivity index (χ1n) is 7.67. The molecule has 0 radical (unpaired) electrons. The van der Waals surface area contributed by atoms with Crippen molar-refractivity contribution in [3.63, 3.8) is 0 Å². The van der Waals surface area contributed by atoms with E-state index >= 15 is 0 Å². The number of hydrogen-bond acceptors (Lipinski definition) is 2. The molecule has 20 heavy (non-hydrogen) atoms. The van der Waals surface area contributed by atoms with Gasteiger partial charge in [-0.15, -0.1) is 0 Å². The van der Waals surface area contributed by atoms with Crippen molar-refractivity contribution in [1.29, 1.82) is 0 Å². The Bertz CT molecular complexity index is 569. The smallest absolute Gasteiger partial charge is 0.0643 e. The number of aromatic nitrogens is 2. The Balaban J connectivity index is 1.73. The van der Waals surface area contributed by atoms with Gasteiger partial charge in [0.25, 0.3) is 0 Å². The van der Waals surface area contributed by atoms with E-state index in [-0.39, 0.29) is 0 Å². The number of fused-ring (bicyclic) bond motifs is 1. The fourth-order valence-electron chi connectivity index (χ4n) is 3.12. The second kappa shape index (κ2) is 5.80. The lowest BCUT2D eigenvalue weighted by Gasteiger charge is -2.13. The molecule has 3 nitrogen and oxygen atoms in total. The molecule has 1 aliphatic rings. The first-order valence-corrected chi connectivity index (χ1v) is 7.67. The van der Waals surface area contributed by atoms with Gasteiger partial charge in [-0.1, -0.05) is 38.1 Å². The summed E-state index contributed by atoms with van der Waals surface area (Å²) in [5.74, 6) is 0. The molecular formula is C17H23N3. The summed E-state index contributed by atoms with van der Waals surface area (Å²) in [7, 11) is 0. The SMILES string of the molecule is CCC(CC)n1ccc(CC2NCc3ccccc32)n1. The Labute approximate surface area is 121 Å². The third-order valence-electron chi connectivity index (χ3n) is 4.36. The summed E-state index contributed by atoms with van der Waals surface area (Å²) in [6.45, 7) is 5.43. The predicted molar refractivity (Wildman–Crippen MR) is 81.6 cm³/mol. The second-order valence-electron chi connectivity index (χ2n) is 5.59. The molecule has 1 N–H and O–H groups in total. The van der Waals surface area contributed by atoms with Crippen LogP contribution in [0.4, 0.5) is 0 Å². The van der Waals surface area contributed by atoms with Crippen LogP contribution in [0.15, 0.2) is 36.5 Å². The van der Waals surface area contributed by atoms with Crippen LogP contribution in [0.3, 0.4) is 0 Å². The molecule has 0 fully saturated rings. The maximum atomic E-state index is 4.77. The summed E-state index contributed by atoms with van der Waals surface area (Å²) in [6, 6.07) is 11.8. The number of benzene rings is 1. The zero-order chi connectivity index (χ0) is 13.9. The van der Waals surface area contributed by atoms with Gasteiger partial charge in [-0.3, -0.25) is 4.68 Å². The van der Waals surface area contributed by atoms with Gasteiger partial charge in [-0.2, -0.15) is 5.10 Å². The van der Waals surface area contributed by atoms with E-state index in [0.717, 1.165) is 25.8 Å². The Morgan fingerprint density at radius 3 is 2.85 bits per heavy atom. The van der Waals surface area contributed by atoms with E-state index in [1.165, 1.54) is 16.8 Å². The largest absolute Gasteiger partial charge is 0.305 e. The minimum absolute atomic E-state index is 0.413. The molecule has 0 saturated heterocycles. The fraction of sp³-hybridized carbons (Fsp3) is 0.471. The monoisotopic (exact) mass is 269 g/mol. The van der Waals surface area contributed by atoms with Crippen LogP contribution in [0.5, 0.6) is 0 Å². The molecule has 2 aromatic rings. The van der Waals surface area contributed by atoms with E-state index in [0.29, 0.717) is 12.1 Å². The third-order valence-corrected chi connectivity index (χ3v) is 4.36. The van der Waals surface area contributed by atoms with Crippen LogP contribution in [0.1, 0.15) is 55.6 Å². The third kappa shape index (κ3) is 2.50. The van der Waals surface area contributed by atoms with Gasteiger partial charge in [0.05, 0.1) is 11.7 Å². The highest BCUT2D eigenvalue weighted by atomic mass is 15.3. The minimum Gasteiger partial charge on any atom is -0.305 e. The highest BCUT2D eigenvalue weighted by Gasteiger charge is 2.22. The average Bonchev–Trinajstić information content (AvgIpc) is 3.09. The standard InChI is InChI=1S/C17H23N3/c1-3-15(4-2)20-10-9-14(19-20)11-17-16-8-6-5-7-13(16)12-18-17/h5-10,15,17-18H,3-4,11-12H2,1-2H3. The summed E-state index contributed by atoms with van der Waals surface area (Å²) < 4.78 is 2.14. The highest BCUT2D eigenvalue weighted by molar-refractivity contribution is 5.34. The summed E-state index contributed by atoms with van der Waals surface area (Å²) in [5.41, 5.74) is 4.05. The summed E-state index contributed by atoms with van der Waals surface area (Å²) in [6.07, 6.45) is 5.39. The van der Waals surface area contributed by atoms with Crippen molar-refractivity contribution in [2.24, 2.45) is 0 Å². The molecule has 1 atom stereocenters. The van der Waals surface area contributed by atoms with Crippen LogP contribution in [-0.2, 0) is 13.0 Å². The van der Waals surface area contributed by atoms with Crippen molar-refractivity contribution in [2.45, 2.75) is 51.7 Å². The normalized spacial score (nSPS) is 17.6. The lowest BCUT2D eigenvalue weighted by Crippen LogP contribution is -2.15. The molecule has 0 bridgehead atoms. The Morgan fingerprint density at radius 1 is 1.25 bits per heavy atom. The average molecular weight is 269 g/mol. The summed E-state index contributed by atoms with van der Waals surface area (Å²) >= 11 is 0. The molecule has 0 amide bonds. The Morgan fingerprint density at radius 2 is 2.05 bits per heavy atom. The van der Waals surface area contributed by atoms with E-state index in [4.69, 9.17) is 5.10 Å². The van der Waals surface area contributed by atoms with Crippen molar-refractivity contribution in [1.82, 2.24) is 15.1 Å². The molecule has 1 aromatic heterocycles. The van der Waals surface area contributed by atoms with E-state index in [1.807, 2.05) is 0 Å². The van der Waals surface area contributed by atoms with Gasteiger partial charge in [0.1, 0.15) is 0 Å². The van der Waals surface area contributed by atoms with Gasteiger partial charge in [0.15, 0.2) is 0 Å². The predicted octanol–water partition coefficient (Wildman–Crippen LogP) is 3.63. The zero-order valence-corrected chi connectivity index (χ0v) is 12.3. The van der Waals surface area contributed by atoms with Crippen LogP contribution >= 0.6 is 0 Å². The van der Waals surface area contributed by atoms with Crippen LogP contribution in [0.2, 0.25) is 0 Å². The molecule has 2 heterocycles. The lowest BCUT2D eigenvalue weighted by atomic mass is 10.0. The number of nitrogens with zero attached hydrogens (tertiary/aromatic N) is 2. The number of rotatable bonds is 5. The van der Waals surface area contributed by atoms with Crippen LogP contribution in [0, 0.1) is 0 Å². The van der Waals surface area contributed by atoms with Crippen LogP contribution in [-0.4, -0.2) is 9.78 Å². The Hall–Kier alpha value is -1.61. The van der Waals surface area contributed by atoms with Gasteiger partial charge in [0.2, 0.25) is 0 Å². The highest BCUT2D eigenvalue weighted by Crippen LogP contribution is 2.27. The lowest BCUT2D eigenvalue weighted by molar-refractivity contribution is 0.423. The van der Waals surface area contributed by atoms with E-state index in [2.05, 4.69) is 60.4 Å². The summed E-state index contributed by atoms with van der Waals surface area (Å²) in [4.78, 5) is 0. The van der Waals surface area contributed by atoms with Crippen molar-refractivity contribution in [3.05, 3.63) is 53.3 Å². The van der Waals surface area contributed by atoms with Crippen LogP contribution < -0.4 is 5.32 Å². The van der Waals surface area contributed by atoms with Crippen LogP contribution in [0.25, 0.3) is 0 Å². The van der Waals surface area contributed by atoms with Crippen molar-refractivity contribution in [2.75, 3.05) is 0 Å². The molecule has 0 aliphatic carbocycles. The second-order valence-corrected chi connectivity index (χ2v) is 5.59. The van der Waals surface area contributed by atoms with Crippen molar-refractivity contribution in [3.8, 4) is 0 Å². The summed E-state index contributed by atoms with van der Waals surface area (Å²) in [5, 5.41) is 8.35. The molecule has 3 heteroatoms. The molecule has 1 aromatic carbocycles. The first kappa shape index (κ1) is 13.4. The zero-order valence-electron chi connectivity index (χ0n) is 12.3. The Kier molecular flexibility index (Phi) is 3.88. The quantitative estimate of drug-likeness (QED) is 0.898. The molecular weight excluding hydrogens is 246 g/mol. The van der Waals surface area contributed by atoms with E-state index in [1.54, 1.807) is 0 Å². The van der Waals surface area contributed by atoms with Gasteiger partial charge < -0.3 is 5.32 Å².